The van der Waals surface area contributed by atoms with E-state index in [-0.39, 0.29) is 12.3 Å². The number of aryl methyl sites for hydroxylation is 1. The van der Waals surface area contributed by atoms with E-state index < -0.39 is 35.2 Å². The van der Waals surface area contributed by atoms with E-state index in [2.05, 4.69) is 36.0 Å². The number of hydrogen-bond acceptors (Lipinski definition) is 12. The van der Waals surface area contributed by atoms with Crippen molar-refractivity contribution < 1.29 is 24.6 Å². The Morgan fingerprint density at radius 2 is 2.17 bits per heavy atom. The highest BCUT2D eigenvalue weighted by Gasteiger charge is 2.37. The van der Waals surface area contributed by atoms with Gasteiger partial charge in [-0.2, -0.15) is 0 Å². The first kappa shape index (κ1) is 22.1. The van der Waals surface area contributed by atoms with Crippen LogP contribution in [-0.2, 0) is 20.9 Å². The summed E-state index contributed by atoms with van der Waals surface area (Å²) < 4.78 is 1.86. The summed E-state index contributed by atoms with van der Waals surface area (Å²) in [5.41, 5.74) is -0.117. The van der Waals surface area contributed by atoms with Crippen LogP contribution >= 0.6 is 34.9 Å². The Labute approximate surface area is 181 Å². The lowest BCUT2D eigenvalue weighted by molar-refractivity contribution is -0.142. The van der Waals surface area contributed by atoms with Crippen LogP contribution in [0.5, 0.6) is 0 Å². The highest BCUT2D eigenvalue weighted by Crippen LogP contribution is 2.31. The fraction of sp³-hybridized carbons (Fsp3) is 0.500. The van der Waals surface area contributed by atoms with Crippen LogP contribution in [0.4, 0.5) is 0 Å². The van der Waals surface area contributed by atoms with Gasteiger partial charge in [-0.05, 0) is 17.4 Å². The zero-order valence-electron chi connectivity index (χ0n) is 15.4. The first-order valence-corrected chi connectivity index (χ1v) is 11.3. The van der Waals surface area contributed by atoms with Crippen LogP contribution in [0, 0.1) is 12.8 Å². The van der Waals surface area contributed by atoms with Crippen molar-refractivity contribution in [2.24, 2.45) is 10.9 Å². The second kappa shape index (κ2) is 9.94. The summed E-state index contributed by atoms with van der Waals surface area (Å²) in [6.45, 7) is 1.55. The van der Waals surface area contributed by atoms with Crippen molar-refractivity contribution in [1.82, 2.24) is 35.7 Å². The van der Waals surface area contributed by atoms with E-state index in [0.29, 0.717) is 11.5 Å². The molecule has 3 heterocycles. The van der Waals surface area contributed by atoms with Crippen LogP contribution in [-0.4, -0.2) is 87.1 Å². The molecular weight excluding hydrogens is 456 g/mol. The highest BCUT2D eigenvalue weighted by atomic mass is 32.2. The lowest BCUT2D eigenvalue weighted by Gasteiger charge is -2.29. The van der Waals surface area contributed by atoms with Crippen molar-refractivity contribution in [3.8, 4) is 0 Å². The van der Waals surface area contributed by atoms with Crippen LogP contribution in [0.1, 0.15) is 5.01 Å². The molecule has 0 aromatic carbocycles. The summed E-state index contributed by atoms with van der Waals surface area (Å²) in [6.07, 6.45) is 1.22. The molecule has 0 saturated carbocycles. The Morgan fingerprint density at radius 1 is 1.37 bits per heavy atom. The van der Waals surface area contributed by atoms with E-state index in [9.17, 15) is 24.6 Å². The lowest BCUT2D eigenvalue weighted by atomic mass is 10.1. The van der Waals surface area contributed by atoms with Crippen LogP contribution in [0.25, 0.3) is 0 Å². The Balaban J connectivity index is 1.68. The number of carbonyl (C=O) groups excluding carboxylic acids is 1. The second-order valence-electron chi connectivity index (χ2n) is 6.03. The first-order chi connectivity index (χ1) is 14.3. The Morgan fingerprint density at radius 3 is 2.77 bits per heavy atom. The SMILES string of the molecule is Cc1nnc(SCC2CSC(C(NC(=O)Cn3cnnn3)C(=O)O)N=C2C(=O)O)s1. The maximum absolute atomic E-state index is 12.1. The molecule has 30 heavy (non-hydrogen) atoms. The van der Waals surface area contributed by atoms with Crippen LogP contribution in [0.3, 0.4) is 0 Å². The monoisotopic (exact) mass is 472 g/mol. The number of thioether (sulfide) groups is 2. The number of rotatable bonds is 9. The fourth-order valence-electron chi connectivity index (χ4n) is 2.48. The summed E-state index contributed by atoms with van der Waals surface area (Å²) in [6, 6.07) is -1.40. The lowest BCUT2D eigenvalue weighted by Crippen LogP contribution is -2.50. The average Bonchev–Trinajstić information content (AvgIpc) is 3.35. The maximum Gasteiger partial charge on any atom is 0.350 e. The largest absolute Gasteiger partial charge is 0.480 e. The Kier molecular flexibility index (Phi) is 7.33. The zero-order chi connectivity index (χ0) is 21.7. The molecule has 16 heteroatoms. The van der Waals surface area contributed by atoms with Crippen molar-refractivity contribution in [1.29, 1.82) is 0 Å². The number of hydrogen-bond donors (Lipinski definition) is 3. The van der Waals surface area contributed by atoms with Gasteiger partial charge in [0.15, 0.2) is 10.4 Å². The topological polar surface area (TPSA) is 185 Å². The minimum atomic E-state index is -1.40. The molecule has 160 valence electrons. The number of carboxylic acid groups (broad SMARTS) is 2. The zero-order valence-corrected chi connectivity index (χ0v) is 17.9. The van der Waals surface area contributed by atoms with E-state index in [4.69, 9.17) is 0 Å². The van der Waals surface area contributed by atoms with Gasteiger partial charge in [0.05, 0.1) is 0 Å². The minimum absolute atomic E-state index is 0.117. The minimum Gasteiger partial charge on any atom is -0.480 e. The second-order valence-corrected chi connectivity index (χ2v) is 9.63. The number of aliphatic imine (C=N–C) groups is 1. The smallest absolute Gasteiger partial charge is 0.350 e. The summed E-state index contributed by atoms with van der Waals surface area (Å²) in [5.74, 6) is -2.81. The summed E-state index contributed by atoms with van der Waals surface area (Å²) in [4.78, 5) is 39.7. The van der Waals surface area contributed by atoms with Gasteiger partial charge >= 0.3 is 11.9 Å². The molecule has 1 amide bonds. The van der Waals surface area contributed by atoms with Gasteiger partial charge in [-0.25, -0.2) is 14.3 Å². The van der Waals surface area contributed by atoms with E-state index in [1.54, 1.807) is 0 Å². The predicted octanol–water partition coefficient (Wildman–Crippen LogP) is -0.591. The van der Waals surface area contributed by atoms with E-state index >= 15 is 0 Å². The number of nitrogens with zero attached hydrogens (tertiary/aromatic N) is 7. The normalized spacial score (nSPS) is 19.7. The van der Waals surface area contributed by atoms with Gasteiger partial charge in [-0.3, -0.25) is 9.79 Å². The third-order valence-corrected chi connectivity index (χ3v) is 7.27. The molecule has 0 fully saturated rings. The molecule has 3 rings (SSSR count). The average molecular weight is 473 g/mol. The molecule has 0 aliphatic carbocycles. The van der Waals surface area contributed by atoms with Gasteiger partial charge in [0.25, 0.3) is 0 Å². The predicted molar refractivity (Wildman–Crippen MR) is 108 cm³/mol. The molecule has 1 aliphatic rings. The number of nitrogens with one attached hydrogen (secondary N) is 1. The van der Waals surface area contributed by atoms with Crippen molar-refractivity contribution >= 4 is 58.4 Å². The number of aliphatic carboxylic acids is 2. The Hall–Kier alpha value is -2.59. The Bertz CT molecular complexity index is 949. The number of carbonyl (C=O) groups is 3. The number of amides is 1. The van der Waals surface area contributed by atoms with E-state index in [0.717, 1.165) is 14.0 Å². The summed E-state index contributed by atoms with van der Waals surface area (Å²) in [7, 11) is 0. The first-order valence-electron chi connectivity index (χ1n) is 8.42. The van der Waals surface area contributed by atoms with Crippen LogP contribution < -0.4 is 5.32 Å². The van der Waals surface area contributed by atoms with Gasteiger partial charge in [-0.1, -0.05) is 23.1 Å². The number of tetrazole rings is 1. The molecule has 1 aliphatic heterocycles. The number of aromatic nitrogens is 6. The molecule has 0 spiro atoms. The molecule has 0 bridgehead atoms. The van der Waals surface area contributed by atoms with Crippen LogP contribution in [0.2, 0.25) is 0 Å². The van der Waals surface area contributed by atoms with Gasteiger partial charge in [-0.15, -0.1) is 27.1 Å². The van der Waals surface area contributed by atoms with Crippen molar-refractivity contribution in [3.05, 3.63) is 11.3 Å². The molecule has 13 nitrogen and oxygen atoms in total. The summed E-state index contributed by atoms with van der Waals surface area (Å²) >= 11 is 3.97. The van der Waals surface area contributed by atoms with Crippen molar-refractivity contribution in [2.45, 2.75) is 29.2 Å². The molecule has 2 aromatic heterocycles. The number of carboxylic acids is 2. The van der Waals surface area contributed by atoms with Gasteiger partial charge in [0, 0.05) is 17.4 Å². The molecule has 0 radical (unpaired) electrons. The fourth-order valence-corrected chi connectivity index (χ4v) is 5.84. The standard InChI is InChI=1S/C14H16N8O5S3/c1-6-18-19-14(30-6)29-4-7-3-28-11(17-9(7)12(24)25)10(13(26)27)16-8(23)2-22-5-15-20-21-22/h5,7,10-11H,2-4H2,1H3,(H,16,23)(H,24,25)(H,26,27). The molecule has 0 saturated heterocycles. The summed E-state index contributed by atoms with van der Waals surface area (Å²) in [5, 5.41) is 39.5. The van der Waals surface area contributed by atoms with Gasteiger partial charge in [0.1, 0.15) is 29.0 Å². The van der Waals surface area contributed by atoms with Crippen molar-refractivity contribution in [3.63, 3.8) is 0 Å². The molecule has 3 unspecified atom stereocenters. The molecule has 3 N–H and O–H groups in total. The molecule has 2 aromatic rings. The third kappa shape index (κ3) is 5.73. The quantitative estimate of drug-likeness (QED) is 0.394. The maximum atomic E-state index is 12.1. The van der Waals surface area contributed by atoms with E-state index in [1.807, 2.05) is 6.92 Å². The van der Waals surface area contributed by atoms with Gasteiger partial charge in [0.2, 0.25) is 5.91 Å². The van der Waals surface area contributed by atoms with Crippen LogP contribution in [0.15, 0.2) is 15.7 Å². The molecular formula is C14H16N8O5S3. The van der Waals surface area contributed by atoms with Gasteiger partial charge < -0.3 is 15.5 Å². The molecule has 3 atom stereocenters. The third-order valence-electron chi connectivity index (χ3n) is 3.82. The van der Waals surface area contributed by atoms with E-state index in [1.165, 1.54) is 41.2 Å². The van der Waals surface area contributed by atoms with Crippen molar-refractivity contribution in [2.75, 3.05) is 11.5 Å². The highest BCUT2D eigenvalue weighted by molar-refractivity contribution is 8.01.